The standard InChI is InChI=1S/C39H68N4O10/c1-26-18-48-32(52-26)14-40-24-38(7)12-30(10-36(3,4)22-38)42-34(46)50-20-28(16-44)9-29(17-45)21-51-35(47)43-31-11-37(5,6)23-39(8,13-31)25-41-15-33-49-19-27(2)53-33/h28-33,40-41,44-45H,1-2,9-25H2,3-8H3,(H,42,46)(H,43,47). The number of carbonyl (C=O) groups excluding carboxylic acids is 2. The summed E-state index contributed by atoms with van der Waals surface area (Å²) in [5.74, 6) is 0.419. The first-order valence-corrected chi connectivity index (χ1v) is 19.3. The average Bonchev–Trinajstić information content (AvgIpc) is 3.65. The number of hydrogen-bond donors (Lipinski definition) is 6. The zero-order valence-corrected chi connectivity index (χ0v) is 33.1. The van der Waals surface area contributed by atoms with Gasteiger partial charge in [-0.3, -0.25) is 0 Å². The first-order valence-electron chi connectivity index (χ1n) is 19.3. The molecular formula is C39H68N4O10. The number of hydrogen-bond acceptors (Lipinski definition) is 12. The van der Waals surface area contributed by atoms with Crippen molar-refractivity contribution in [3.05, 3.63) is 24.7 Å². The molecule has 2 amide bonds. The first-order chi connectivity index (χ1) is 24.9. The fraction of sp³-hybridized carbons (Fsp3) is 0.846. The molecule has 2 heterocycles. The van der Waals surface area contributed by atoms with Gasteiger partial charge in [0.15, 0.2) is 0 Å². The zero-order valence-electron chi connectivity index (χ0n) is 33.1. The number of ether oxygens (including phenoxy) is 6. The van der Waals surface area contributed by atoms with E-state index < -0.39 is 24.0 Å². The van der Waals surface area contributed by atoms with Crippen molar-refractivity contribution >= 4 is 12.2 Å². The fourth-order valence-corrected chi connectivity index (χ4v) is 9.47. The van der Waals surface area contributed by atoms with Crippen LogP contribution in [0.2, 0.25) is 0 Å². The second-order valence-electron chi connectivity index (χ2n) is 18.4. The minimum Gasteiger partial charge on any atom is -0.466 e. The van der Waals surface area contributed by atoms with Crippen LogP contribution in [-0.4, -0.2) is 113 Å². The molecule has 0 aromatic carbocycles. The van der Waals surface area contributed by atoms with Crippen molar-refractivity contribution in [3.8, 4) is 0 Å². The van der Waals surface area contributed by atoms with E-state index in [0.717, 1.165) is 51.6 Å². The van der Waals surface area contributed by atoms with Gasteiger partial charge in [0.1, 0.15) is 24.7 Å². The molecule has 8 atom stereocenters. The zero-order chi connectivity index (χ0) is 38.9. The lowest BCUT2D eigenvalue weighted by Gasteiger charge is -2.47. The maximum Gasteiger partial charge on any atom is 0.407 e. The lowest BCUT2D eigenvalue weighted by Crippen LogP contribution is -2.50. The lowest BCUT2D eigenvalue weighted by atomic mass is 9.62. The minimum atomic E-state index is -0.535. The quantitative estimate of drug-likeness (QED) is 0.118. The summed E-state index contributed by atoms with van der Waals surface area (Å²) in [6, 6.07) is -0.153. The summed E-state index contributed by atoms with van der Waals surface area (Å²) in [7, 11) is 0. The molecule has 2 saturated carbocycles. The maximum absolute atomic E-state index is 12.9. The van der Waals surface area contributed by atoms with Crippen LogP contribution in [0.15, 0.2) is 24.7 Å². The van der Waals surface area contributed by atoms with Crippen molar-refractivity contribution in [2.24, 2.45) is 33.5 Å². The molecule has 0 aromatic heterocycles. The molecule has 304 valence electrons. The van der Waals surface area contributed by atoms with E-state index >= 15 is 0 Å². The Kier molecular flexibility index (Phi) is 15.3. The smallest absolute Gasteiger partial charge is 0.407 e. The third-order valence-electron chi connectivity index (χ3n) is 10.8. The van der Waals surface area contributed by atoms with E-state index in [1.165, 1.54) is 0 Å². The van der Waals surface area contributed by atoms with Crippen molar-refractivity contribution in [2.75, 3.05) is 65.8 Å². The third-order valence-corrected chi connectivity index (χ3v) is 10.8. The summed E-state index contributed by atoms with van der Waals surface area (Å²) in [6.07, 6.45) is 3.77. The van der Waals surface area contributed by atoms with E-state index in [1.807, 2.05) is 0 Å². The second kappa shape index (κ2) is 18.8. The van der Waals surface area contributed by atoms with Crippen molar-refractivity contribution in [2.45, 2.75) is 111 Å². The van der Waals surface area contributed by atoms with Gasteiger partial charge in [0.25, 0.3) is 0 Å². The molecule has 4 fully saturated rings. The van der Waals surface area contributed by atoms with Crippen LogP contribution in [0.5, 0.6) is 0 Å². The van der Waals surface area contributed by atoms with Crippen LogP contribution < -0.4 is 21.3 Å². The molecule has 0 radical (unpaired) electrons. The summed E-state index contributed by atoms with van der Waals surface area (Å²) < 4.78 is 33.4. The Morgan fingerprint density at radius 2 is 1.11 bits per heavy atom. The Morgan fingerprint density at radius 1 is 0.717 bits per heavy atom. The number of alkyl carbamates (subject to hydrolysis) is 2. The number of carbonyl (C=O) groups is 2. The van der Waals surface area contributed by atoms with Crippen LogP contribution in [0.4, 0.5) is 9.59 Å². The molecule has 8 unspecified atom stereocenters. The number of aliphatic hydroxyl groups is 2. The predicted molar refractivity (Wildman–Crippen MR) is 199 cm³/mol. The van der Waals surface area contributed by atoms with Gasteiger partial charge >= 0.3 is 12.2 Å². The Balaban J connectivity index is 1.17. The number of aliphatic hydroxyl groups excluding tert-OH is 2. The molecule has 6 N–H and O–H groups in total. The van der Waals surface area contributed by atoms with Crippen molar-refractivity contribution < 1.29 is 48.2 Å². The molecule has 2 aliphatic carbocycles. The van der Waals surface area contributed by atoms with E-state index in [0.29, 0.717) is 44.2 Å². The van der Waals surface area contributed by atoms with Gasteiger partial charge in [0, 0.05) is 50.2 Å². The molecule has 4 aliphatic rings. The normalized spacial score (nSPS) is 31.9. The number of amides is 2. The molecule has 2 aliphatic heterocycles. The van der Waals surface area contributed by atoms with E-state index in [-0.39, 0.29) is 72.8 Å². The van der Waals surface area contributed by atoms with Gasteiger partial charge < -0.3 is 59.9 Å². The van der Waals surface area contributed by atoms with Gasteiger partial charge in [-0.05, 0) is 66.6 Å². The predicted octanol–water partition coefficient (Wildman–Crippen LogP) is 4.17. The summed E-state index contributed by atoms with van der Waals surface area (Å²) in [4.78, 5) is 25.9. The van der Waals surface area contributed by atoms with Gasteiger partial charge in [-0.1, -0.05) is 54.7 Å². The summed E-state index contributed by atoms with van der Waals surface area (Å²) in [5.41, 5.74) is -0.109. The SMILES string of the molecule is C=C1COC(CNCC2(C)CC(NC(=O)OCC(CO)CC(CO)COC(=O)NC3CC(C)(C)CC(C)(CNCC4OCC(=C)O4)C3)CC(C)(C)C2)O1. The molecule has 14 nitrogen and oxygen atoms in total. The molecular weight excluding hydrogens is 684 g/mol. The van der Waals surface area contributed by atoms with Crippen LogP contribution >= 0.6 is 0 Å². The van der Waals surface area contributed by atoms with Gasteiger partial charge in [-0.25, -0.2) is 9.59 Å². The van der Waals surface area contributed by atoms with Crippen LogP contribution in [-0.2, 0) is 28.4 Å². The lowest BCUT2D eigenvalue weighted by molar-refractivity contribution is -0.0327. The van der Waals surface area contributed by atoms with Gasteiger partial charge in [0.05, 0.1) is 26.3 Å². The van der Waals surface area contributed by atoms with Crippen LogP contribution in [0.3, 0.4) is 0 Å². The summed E-state index contributed by atoms with van der Waals surface area (Å²) in [6.45, 7) is 23.8. The largest absolute Gasteiger partial charge is 0.466 e. The Labute approximate surface area is 316 Å². The highest BCUT2D eigenvalue weighted by Gasteiger charge is 2.43. The average molecular weight is 753 g/mol. The first kappa shape index (κ1) is 43.1. The highest BCUT2D eigenvalue weighted by molar-refractivity contribution is 5.68. The maximum atomic E-state index is 12.9. The van der Waals surface area contributed by atoms with Crippen molar-refractivity contribution in [3.63, 3.8) is 0 Å². The van der Waals surface area contributed by atoms with Gasteiger partial charge in [-0.2, -0.15) is 0 Å². The monoisotopic (exact) mass is 752 g/mol. The molecule has 0 spiro atoms. The molecule has 14 heteroatoms. The van der Waals surface area contributed by atoms with E-state index in [2.05, 4.69) is 76.0 Å². The van der Waals surface area contributed by atoms with Crippen LogP contribution in [0.25, 0.3) is 0 Å². The minimum absolute atomic E-state index is 0.0104. The highest BCUT2D eigenvalue weighted by atomic mass is 16.7. The molecule has 4 rings (SSSR count). The third kappa shape index (κ3) is 14.5. The Hall–Kier alpha value is -2.62. The van der Waals surface area contributed by atoms with Crippen molar-refractivity contribution in [1.29, 1.82) is 0 Å². The highest BCUT2D eigenvalue weighted by Crippen LogP contribution is 2.47. The molecule has 0 bridgehead atoms. The van der Waals surface area contributed by atoms with Crippen LogP contribution in [0, 0.1) is 33.5 Å². The number of nitrogens with one attached hydrogen (secondary N) is 4. The molecule has 2 saturated heterocycles. The van der Waals surface area contributed by atoms with E-state index in [1.54, 1.807) is 0 Å². The summed E-state index contributed by atoms with van der Waals surface area (Å²) in [5, 5.41) is 33.2. The topological polar surface area (TPSA) is 178 Å². The van der Waals surface area contributed by atoms with Gasteiger partial charge in [0.2, 0.25) is 12.6 Å². The van der Waals surface area contributed by atoms with Crippen molar-refractivity contribution in [1.82, 2.24) is 21.3 Å². The molecule has 53 heavy (non-hydrogen) atoms. The van der Waals surface area contributed by atoms with Crippen LogP contribution in [0.1, 0.15) is 86.5 Å². The Morgan fingerprint density at radius 3 is 1.45 bits per heavy atom. The summed E-state index contributed by atoms with van der Waals surface area (Å²) >= 11 is 0. The Bertz CT molecular complexity index is 1160. The molecule has 0 aromatic rings. The fourth-order valence-electron chi connectivity index (χ4n) is 9.47. The van der Waals surface area contributed by atoms with E-state index in [9.17, 15) is 19.8 Å². The number of rotatable bonds is 18. The second-order valence-corrected chi connectivity index (χ2v) is 18.4. The van der Waals surface area contributed by atoms with Gasteiger partial charge in [-0.15, -0.1) is 0 Å². The van der Waals surface area contributed by atoms with E-state index in [4.69, 9.17) is 28.4 Å².